The molecule has 3 aromatic rings. The van der Waals surface area contributed by atoms with Gasteiger partial charge in [0, 0.05) is 39.3 Å². The molecule has 2 fully saturated rings. The number of benzene rings is 2. The Bertz CT molecular complexity index is 1270. The highest BCUT2D eigenvalue weighted by Gasteiger charge is 2.42. The number of likely N-dealkylation sites (tertiary alicyclic amines) is 2. The van der Waals surface area contributed by atoms with E-state index >= 15 is 0 Å². The fourth-order valence-electron chi connectivity index (χ4n) is 5.95. The van der Waals surface area contributed by atoms with Crippen molar-refractivity contribution in [1.29, 1.82) is 0 Å². The molecule has 0 bridgehead atoms. The van der Waals surface area contributed by atoms with Gasteiger partial charge in [-0.1, -0.05) is 60.7 Å². The summed E-state index contributed by atoms with van der Waals surface area (Å²) in [5.41, 5.74) is 4.11. The molecule has 3 heterocycles. The Morgan fingerprint density at radius 2 is 1.51 bits per heavy atom. The van der Waals surface area contributed by atoms with Gasteiger partial charge in [0.15, 0.2) is 0 Å². The van der Waals surface area contributed by atoms with Crippen molar-refractivity contribution in [3.8, 4) is 0 Å². The van der Waals surface area contributed by atoms with Crippen molar-refractivity contribution in [3.05, 3.63) is 88.7 Å². The van der Waals surface area contributed by atoms with Gasteiger partial charge in [-0.3, -0.25) is 4.79 Å². The van der Waals surface area contributed by atoms with Crippen LogP contribution < -0.4 is 10.6 Å². The zero-order chi connectivity index (χ0) is 27.4. The zero-order valence-electron chi connectivity index (χ0n) is 22.5. The second-order valence-electron chi connectivity index (χ2n) is 10.6. The maximum atomic E-state index is 13.5. The summed E-state index contributed by atoms with van der Waals surface area (Å²) in [4.78, 5) is 38.4. The molecule has 9 heteroatoms. The van der Waals surface area contributed by atoms with Crippen LogP contribution in [0.3, 0.4) is 0 Å². The quantitative estimate of drug-likeness (QED) is 0.383. The summed E-state index contributed by atoms with van der Waals surface area (Å²) in [6.45, 7) is 8.47. The van der Waals surface area contributed by atoms with Crippen LogP contribution in [0.2, 0.25) is 0 Å². The fourth-order valence-corrected chi connectivity index (χ4v) is 5.95. The highest BCUT2D eigenvalue weighted by molar-refractivity contribution is 5.96. The van der Waals surface area contributed by atoms with Crippen molar-refractivity contribution >= 4 is 17.9 Å². The van der Waals surface area contributed by atoms with Gasteiger partial charge >= 0.3 is 6.09 Å². The molecule has 0 spiro atoms. The van der Waals surface area contributed by atoms with Crippen LogP contribution in [0, 0.1) is 25.7 Å². The van der Waals surface area contributed by atoms with Crippen molar-refractivity contribution in [2.24, 2.45) is 11.8 Å². The van der Waals surface area contributed by atoms with Gasteiger partial charge in [0.1, 0.15) is 0 Å². The number of carboxylic acid groups (broad SMARTS) is 1. The molecule has 0 radical (unpaired) electrons. The van der Waals surface area contributed by atoms with Crippen molar-refractivity contribution in [2.75, 3.05) is 38.0 Å². The molecule has 39 heavy (non-hydrogen) atoms. The Balaban J connectivity index is 1.15. The van der Waals surface area contributed by atoms with E-state index in [0.29, 0.717) is 47.7 Å². The number of rotatable bonds is 9. The number of amides is 2. The molecule has 5 rings (SSSR count). The van der Waals surface area contributed by atoms with Crippen LogP contribution in [0.1, 0.15) is 45.3 Å². The predicted octanol–water partition coefficient (Wildman–Crippen LogP) is 4.11. The molecular weight excluding hydrogens is 492 g/mol. The summed E-state index contributed by atoms with van der Waals surface area (Å²) in [5, 5.41) is 15.2. The molecule has 3 N–H and O–H groups in total. The summed E-state index contributed by atoms with van der Waals surface area (Å²) in [6, 6.07) is 19.6. The third kappa shape index (κ3) is 6.37. The minimum atomic E-state index is -1.01. The lowest BCUT2D eigenvalue weighted by molar-refractivity contribution is 0.0771. The topological polar surface area (TPSA) is 111 Å². The van der Waals surface area contributed by atoms with Crippen LogP contribution in [0.15, 0.2) is 60.7 Å². The minimum absolute atomic E-state index is 0.00959. The maximum Gasteiger partial charge on any atom is 0.405 e. The summed E-state index contributed by atoms with van der Waals surface area (Å²) >= 11 is 0. The van der Waals surface area contributed by atoms with Gasteiger partial charge in [-0.05, 0) is 43.2 Å². The maximum absolute atomic E-state index is 13.5. The first-order valence-corrected chi connectivity index (χ1v) is 13.6. The largest absolute Gasteiger partial charge is 0.465 e. The summed E-state index contributed by atoms with van der Waals surface area (Å²) in [5.74, 6) is 1.38. The van der Waals surface area contributed by atoms with Crippen molar-refractivity contribution in [1.82, 2.24) is 25.1 Å². The third-order valence-electron chi connectivity index (χ3n) is 7.86. The van der Waals surface area contributed by atoms with Gasteiger partial charge in [-0.2, -0.15) is 0 Å². The molecule has 2 aliphatic rings. The molecule has 3 atom stereocenters. The van der Waals surface area contributed by atoms with E-state index in [9.17, 15) is 14.7 Å². The number of anilines is 1. The van der Waals surface area contributed by atoms with Gasteiger partial charge in [-0.25, -0.2) is 14.8 Å². The molecule has 2 aliphatic heterocycles. The fraction of sp³-hybridized carbons (Fsp3) is 0.400. The SMILES string of the molecule is Cc1nc(NCc2ccccc2)nc(C)c1C(=O)N1CC2CN(CCC(NC(=O)O)c3ccccc3)C[C@H]2C1. The van der Waals surface area contributed by atoms with Crippen LogP contribution in [-0.2, 0) is 6.54 Å². The summed E-state index contributed by atoms with van der Waals surface area (Å²) in [6.07, 6.45) is -0.301. The van der Waals surface area contributed by atoms with E-state index in [1.807, 2.05) is 79.4 Å². The number of fused-ring (bicyclic) bond motifs is 1. The Morgan fingerprint density at radius 1 is 0.923 bits per heavy atom. The molecule has 2 unspecified atom stereocenters. The monoisotopic (exact) mass is 528 g/mol. The average molecular weight is 529 g/mol. The van der Waals surface area contributed by atoms with E-state index in [2.05, 4.69) is 25.5 Å². The standard InChI is InChI=1S/C30H36N6O3/c1-20-27(21(2)33-29(32-20)31-15-22-9-5-3-6-10-22)28(37)36-18-24-16-35(17-25(24)19-36)14-13-26(34-30(38)39)23-11-7-4-8-12-23/h3-12,24-26,34H,13-19H2,1-2H3,(H,38,39)(H,31,32,33)/t24-,25?,26?/m0/s1. The molecule has 0 saturated carbocycles. The van der Waals surface area contributed by atoms with E-state index in [-0.39, 0.29) is 11.9 Å². The summed E-state index contributed by atoms with van der Waals surface area (Å²) < 4.78 is 0. The van der Waals surface area contributed by atoms with Crippen molar-refractivity contribution in [2.45, 2.75) is 32.9 Å². The lowest BCUT2D eigenvalue weighted by atomic mass is 10.0. The van der Waals surface area contributed by atoms with E-state index in [1.54, 1.807) is 0 Å². The van der Waals surface area contributed by atoms with Crippen LogP contribution in [-0.4, -0.2) is 69.6 Å². The molecule has 0 aliphatic carbocycles. The number of hydrogen-bond donors (Lipinski definition) is 3. The molecular formula is C30H36N6O3. The van der Waals surface area contributed by atoms with Crippen molar-refractivity contribution in [3.63, 3.8) is 0 Å². The normalized spacial score (nSPS) is 19.5. The first-order chi connectivity index (χ1) is 18.9. The second-order valence-corrected chi connectivity index (χ2v) is 10.6. The Morgan fingerprint density at radius 3 is 2.10 bits per heavy atom. The van der Waals surface area contributed by atoms with E-state index in [1.165, 1.54) is 0 Å². The molecule has 204 valence electrons. The Kier molecular flexibility index (Phi) is 8.07. The van der Waals surface area contributed by atoms with E-state index < -0.39 is 6.09 Å². The average Bonchev–Trinajstić information content (AvgIpc) is 3.49. The Labute approximate surface area is 229 Å². The van der Waals surface area contributed by atoms with Gasteiger partial charge in [-0.15, -0.1) is 0 Å². The second kappa shape index (κ2) is 11.8. The van der Waals surface area contributed by atoms with Gasteiger partial charge in [0.05, 0.1) is 23.0 Å². The van der Waals surface area contributed by atoms with Gasteiger partial charge in [0.25, 0.3) is 5.91 Å². The van der Waals surface area contributed by atoms with Gasteiger partial charge in [0.2, 0.25) is 5.95 Å². The molecule has 9 nitrogen and oxygen atoms in total. The molecule has 2 aromatic carbocycles. The van der Waals surface area contributed by atoms with E-state index in [4.69, 9.17) is 0 Å². The number of aromatic nitrogens is 2. The first kappa shape index (κ1) is 26.6. The highest BCUT2D eigenvalue weighted by Crippen LogP contribution is 2.33. The van der Waals surface area contributed by atoms with Crippen LogP contribution >= 0.6 is 0 Å². The van der Waals surface area contributed by atoms with Crippen molar-refractivity contribution < 1.29 is 14.7 Å². The first-order valence-electron chi connectivity index (χ1n) is 13.6. The number of aryl methyl sites for hydroxylation is 2. The van der Waals surface area contributed by atoms with Crippen LogP contribution in [0.4, 0.5) is 10.7 Å². The molecule has 1 aromatic heterocycles. The number of nitrogens with zero attached hydrogens (tertiary/aromatic N) is 4. The smallest absolute Gasteiger partial charge is 0.405 e. The lowest BCUT2D eigenvalue weighted by Gasteiger charge is -2.24. The van der Waals surface area contributed by atoms with E-state index in [0.717, 1.165) is 43.9 Å². The zero-order valence-corrected chi connectivity index (χ0v) is 22.5. The molecule has 2 amide bonds. The number of carbonyl (C=O) groups excluding carboxylic acids is 1. The van der Waals surface area contributed by atoms with Crippen LogP contribution in [0.25, 0.3) is 0 Å². The number of carbonyl (C=O) groups is 2. The summed E-state index contributed by atoms with van der Waals surface area (Å²) in [7, 11) is 0. The van der Waals surface area contributed by atoms with Crippen LogP contribution in [0.5, 0.6) is 0 Å². The molecule has 2 saturated heterocycles. The number of nitrogens with one attached hydrogen (secondary N) is 2. The third-order valence-corrected chi connectivity index (χ3v) is 7.86. The Hall–Kier alpha value is -3.98. The van der Waals surface area contributed by atoms with Gasteiger partial charge < -0.3 is 25.5 Å². The predicted molar refractivity (Wildman–Crippen MR) is 150 cm³/mol. The lowest BCUT2D eigenvalue weighted by Crippen LogP contribution is -2.35. The minimum Gasteiger partial charge on any atom is -0.465 e. The highest BCUT2D eigenvalue weighted by atomic mass is 16.4. The number of hydrogen-bond acceptors (Lipinski definition) is 6.